The van der Waals surface area contributed by atoms with E-state index in [-0.39, 0.29) is 0 Å². The Bertz CT molecular complexity index is 78.9. The average Bonchev–Trinajstić information content (AvgIpc) is 1.87. The van der Waals surface area contributed by atoms with Gasteiger partial charge in [0.15, 0.2) is 0 Å². The third kappa shape index (κ3) is 7.86. The predicted molar refractivity (Wildman–Crippen MR) is 51.9 cm³/mol. The van der Waals surface area contributed by atoms with Crippen LogP contribution in [0.3, 0.4) is 0 Å². The summed E-state index contributed by atoms with van der Waals surface area (Å²) in [6, 6.07) is 0. The fraction of sp³-hybridized carbons (Fsp3) is 1.00. The Morgan fingerprint density at radius 3 is 2.27 bits per heavy atom. The Morgan fingerprint density at radius 1 is 1.18 bits per heavy atom. The molecule has 0 aliphatic rings. The van der Waals surface area contributed by atoms with E-state index in [2.05, 4.69) is 32.8 Å². The van der Waals surface area contributed by atoms with Gasteiger partial charge in [-0.3, -0.25) is 0 Å². The van der Waals surface area contributed by atoms with Crippen LogP contribution in [0.25, 0.3) is 0 Å². The standard InChI is InChI=1S/C10H23N/c1-5-7-10(2)8-6-9-11(3)4/h10H,5-9H2,1-4H3/i11+1. The van der Waals surface area contributed by atoms with Crippen LogP contribution in [0.15, 0.2) is 0 Å². The minimum Gasteiger partial charge on any atom is -0.309 e. The summed E-state index contributed by atoms with van der Waals surface area (Å²) in [4.78, 5) is 2.26. The summed E-state index contributed by atoms with van der Waals surface area (Å²) in [5.74, 6) is 0.931. The Balaban J connectivity index is 3.10. The molecule has 0 heterocycles. The first-order valence-electron chi connectivity index (χ1n) is 4.81. The van der Waals surface area contributed by atoms with Crippen molar-refractivity contribution < 1.29 is 0 Å². The molecule has 0 N–H and O–H groups in total. The Kier molecular flexibility index (Phi) is 6.63. The molecule has 0 aliphatic carbocycles. The van der Waals surface area contributed by atoms with Crippen molar-refractivity contribution in [2.45, 2.75) is 39.5 Å². The minimum absolute atomic E-state index is 0.931. The molecule has 0 amide bonds. The molecule has 68 valence electrons. The molecule has 0 aromatic carbocycles. The second-order valence-corrected chi connectivity index (χ2v) is 3.84. The summed E-state index contributed by atoms with van der Waals surface area (Å²) in [7, 11) is 4.29. The fourth-order valence-electron chi connectivity index (χ4n) is 1.39. The van der Waals surface area contributed by atoms with E-state index in [0.717, 1.165) is 5.92 Å². The maximum atomic E-state index is 2.36. The molecule has 0 rings (SSSR count). The summed E-state index contributed by atoms with van der Waals surface area (Å²) >= 11 is 0. The molecule has 11 heavy (non-hydrogen) atoms. The van der Waals surface area contributed by atoms with E-state index in [4.69, 9.17) is 0 Å². The molecule has 0 radical (unpaired) electrons. The molecule has 1 heteroatoms. The van der Waals surface area contributed by atoms with Crippen LogP contribution in [0.1, 0.15) is 39.5 Å². The molecular formula is C10H23N. The third-order valence-corrected chi connectivity index (χ3v) is 2.08. The Morgan fingerprint density at radius 2 is 1.82 bits per heavy atom. The van der Waals surface area contributed by atoms with Gasteiger partial charge in [0, 0.05) is 0 Å². The van der Waals surface area contributed by atoms with E-state index in [9.17, 15) is 0 Å². The van der Waals surface area contributed by atoms with Crippen molar-refractivity contribution >= 4 is 0 Å². The van der Waals surface area contributed by atoms with Crippen molar-refractivity contribution in [1.82, 2.24) is 4.90 Å². The lowest BCUT2D eigenvalue weighted by Gasteiger charge is -2.12. The summed E-state index contributed by atoms with van der Waals surface area (Å²) in [5, 5.41) is 0. The predicted octanol–water partition coefficient (Wildman–Crippen LogP) is 2.76. The van der Waals surface area contributed by atoms with E-state index < -0.39 is 0 Å². The van der Waals surface area contributed by atoms with E-state index in [0.29, 0.717) is 0 Å². The van der Waals surface area contributed by atoms with Gasteiger partial charge in [-0.2, -0.15) is 0 Å². The van der Waals surface area contributed by atoms with Crippen LogP contribution in [0, 0.1) is 5.92 Å². The van der Waals surface area contributed by atoms with Crippen LogP contribution in [0.5, 0.6) is 0 Å². The molecule has 0 aromatic heterocycles. The molecule has 0 aromatic rings. The Hall–Kier alpha value is -0.0400. The van der Waals surface area contributed by atoms with Gasteiger partial charge >= 0.3 is 0 Å². The largest absolute Gasteiger partial charge is 0.309 e. The van der Waals surface area contributed by atoms with Gasteiger partial charge in [-0.25, -0.2) is 0 Å². The van der Waals surface area contributed by atoms with Gasteiger partial charge in [-0.1, -0.05) is 26.7 Å². The zero-order valence-corrected chi connectivity index (χ0v) is 8.56. The average molecular weight is 158 g/mol. The first-order valence-corrected chi connectivity index (χ1v) is 4.81. The molecule has 1 nitrogen and oxygen atoms in total. The van der Waals surface area contributed by atoms with Gasteiger partial charge in [-0.05, 0) is 39.4 Å². The highest BCUT2D eigenvalue weighted by molar-refractivity contribution is 4.53. The molecule has 0 spiro atoms. The normalized spacial score (nSPS) is 13.9. The van der Waals surface area contributed by atoms with Crippen LogP contribution in [0.2, 0.25) is 0 Å². The second kappa shape index (κ2) is 6.66. The summed E-state index contributed by atoms with van der Waals surface area (Å²) in [5.41, 5.74) is 0. The topological polar surface area (TPSA) is 3.24 Å². The summed E-state index contributed by atoms with van der Waals surface area (Å²) in [6.07, 6.45) is 5.48. The van der Waals surface area contributed by atoms with Crippen molar-refractivity contribution in [1.29, 1.82) is 0 Å². The highest BCUT2D eigenvalue weighted by Gasteiger charge is 1.99. The molecule has 0 aliphatic heterocycles. The highest BCUT2D eigenvalue weighted by atomic mass is 15.8. The van der Waals surface area contributed by atoms with Crippen LogP contribution >= 0.6 is 0 Å². The molecule has 1 unspecified atom stereocenters. The molecular weight excluding hydrogens is 135 g/mol. The van der Waals surface area contributed by atoms with Gasteiger partial charge in [0.2, 0.25) is 0 Å². The monoisotopic (exact) mass is 158 g/mol. The number of hydrogen-bond acceptors (Lipinski definition) is 1. The van der Waals surface area contributed by atoms with Gasteiger partial charge in [0.1, 0.15) is 0 Å². The molecule has 0 saturated heterocycles. The molecule has 0 bridgehead atoms. The molecule has 1 atom stereocenters. The van der Waals surface area contributed by atoms with E-state index in [1.807, 2.05) is 0 Å². The smallest absolute Gasteiger partial charge is 0.00247 e. The van der Waals surface area contributed by atoms with E-state index in [1.165, 1.54) is 32.2 Å². The fourth-order valence-corrected chi connectivity index (χ4v) is 1.39. The second-order valence-electron chi connectivity index (χ2n) is 3.84. The van der Waals surface area contributed by atoms with Crippen LogP contribution in [-0.4, -0.2) is 25.5 Å². The van der Waals surface area contributed by atoms with E-state index in [1.54, 1.807) is 0 Å². The molecule has 0 saturated carbocycles. The van der Waals surface area contributed by atoms with Gasteiger partial charge in [0.25, 0.3) is 0 Å². The van der Waals surface area contributed by atoms with Gasteiger partial charge in [-0.15, -0.1) is 0 Å². The third-order valence-electron chi connectivity index (χ3n) is 2.08. The van der Waals surface area contributed by atoms with Crippen molar-refractivity contribution in [2.75, 3.05) is 20.6 Å². The first kappa shape index (κ1) is 11.0. The zero-order chi connectivity index (χ0) is 8.69. The first-order chi connectivity index (χ1) is 5.16. The van der Waals surface area contributed by atoms with Crippen LogP contribution in [0.4, 0.5) is 0 Å². The minimum atomic E-state index is 0.931. The lowest BCUT2D eigenvalue weighted by molar-refractivity contribution is 0.365. The lowest BCUT2D eigenvalue weighted by atomic mass is 10.0. The zero-order valence-electron chi connectivity index (χ0n) is 8.56. The maximum Gasteiger partial charge on any atom is -0.00247 e. The van der Waals surface area contributed by atoms with Crippen molar-refractivity contribution in [3.05, 3.63) is 0 Å². The van der Waals surface area contributed by atoms with Crippen molar-refractivity contribution in [3.63, 3.8) is 0 Å². The highest BCUT2D eigenvalue weighted by Crippen LogP contribution is 2.11. The van der Waals surface area contributed by atoms with Gasteiger partial charge in [0.05, 0.1) is 0 Å². The van der Waals surface area contributed by atoms with Crippen molar-refractivity contribution in [3.8, 4) is 0 Å². The van der Waals surface area contributed by atoms with Crippen molar-refractivity contribution in [2.24, 2.45) is 5.92 Å². The number of hydrogen-bond donors (Lipinski definition) is 0. The van der Waals surface area contributed by atoms with Crippen LogP contribution in [-0.2, 0) is 0 Å². The summed E-state index contributed by atoms with van der Waals surface area (Å²) < 4.78 is 0. The quantitative estimate of drug-likeness (QED) is 0.537. The summed E-state index contributed by atoms with van der Waals surface area (Å²) in [6.45, 7) is 5.87. The van der Waals surface area contributed by atoms with Gasteiger partial charge < -0.3 is 4.90 Å². The SMILES string of the molecule is CCCC(C)CCC[15N](C)C. The lowest BCUT2D eigenvalue weighted by Crippen LogP contribution is -2.13. The van der Waals surface area contributed by atoms with Crippen LogP contribution < -0.4 is 0 Å². The number of rotatable bonds is 6. The van der Waals surface area contributed by atoms with E-state index >= 15 is 0 Å². The molecule has 0 fully saturated rings. The maximum absolute atomic E-state index is 2.36. The Labute approximate surface area is 71.8 Å². The number of nitrogens with zero attached hydrogens (tertiary/aromatic N) is 1.